The van der Waals surface area contributed by atoms with Crippen molar-refractivity contribution in [1.82, 2.24) is 4.98 Å². The Morgan fingerprint density at radius 3 is 2.71 bits per heavy atom. The van der Waals surface area contributed by atoms with Crippen LogP contribution >= 0.6 is 22.9 Å². The van der Waals surface area contributed by atoms with Crippen molar-refractivity contribution in [2.75, 3.05) is 5.32 Å². The summed E-state index contributed by atoms with van der Waals surface area (Å²) in [4.78, 5) is 15.6. The van der Waals surface area contributed by atoms with E-state index in [2.05, 4.69) is 10.3 Å². The number of carbonyl (C=O) groups excluding carboxylic acids is 1. The number of aliphatic hydroxyl groups excluding tert-OH is 1. The van der Waals surface area contributed by atoms with Gasteiger partial charge in [0.25, 0.3) is 5.91 Å². The third kappa shape index (κ3) is 3.03. The van der Waals surface area contributed by atoms with Gasteiger partial charge in [0.05, 0.1) is 0 Å². The third-order valence-electron chi connectivity index (χ3n) is 2.10. The Morgan fingerprint density at radius 2 is 2.12 bits per heavy atom. The molecule has 2 aromatic rings. The number of nitrogens with zero attached hydrogens (tertiary/aromatic N) is 1. The van der Waals surface area contributed by atoms with Crippen LogP contribution in [0.25, 0.3) is 0 Å². The maximum Gasteiger partial charge on any atom is 0.259 e. The number of carbonyl (C=O) groups is 1. The summed E-state index contributed by atoms with van der Waals surface area (Å²) in [6.45, 7) is 0. The lowest BCUT2D eigenvalue weighted by Crippen LogP contribution is -2.20. The maximum atomic E-state index is 11.7. The normalized spacial score (nSPS) is 12.1. The van der Waals surface area contributed by atoms with Crippen LogP contribution in [0.2, 0.25) is 5.02 Å². The van der Waals surface area contributed by atoms with Crippen LogP contribution in [-0.4, -0.2) is 16.0 Å². The minimum absolute atomic E-state index is 0.461. The molecule has 0 radical (unpaired) electrons. The highest BCUT2D eigenvalue weighted by molar-refractivity contribution is 7.13. The van der Waals surface area contributed by atoms with Crippen molar-refractivity contribution in [3.8, 4) is 0 Å². The summed E-state index contributed by atoms with van der Waals surface area (Å²) in [5, 5.41) is 15.1. The number of hydrogen-bond acceptors (Lipinski definition) is 4. The highest BCUT2D eigenvalue weighted by atomic mass is 35.5. The predicted octanol–water partition coefficient (Wildman–Crippen LogP) is 2.47. The van der Waals surface area contributed by atoms with Crippen molar-refractivity contribution < 1.29 is 9.90 Å². The molecule has 1 aromatic heterocycles. The topological polar surface area (TPSA) is 62.2 Å². The molecule has 1 atom stereocenters. The van der Waals surface area contributed by atoms with E-state index in [1.165, 1.54) is 11.3 Å². The number of hydrogen-bond donors (Lipinski definition) is 2. The molecule has 0 bridgehead atoms. The molecule has 0 fully saturated rings. The van der Waals surface area contributed by atoms with Crippen molar-refractivity contribution in [2.24, 2.45) is 0 Å². The van der Waals surface area contributed by atoms with E-state index in [1.54, 1.807) is 35.8 Å². The SMILES string of the molecule is O=C(Nc1nccs1)C(O)c1ccc(Cl)cc1. The lowest BCUT2D eigenvalue weighted by atomic mass is 10.1. The summed E-state index contributed by atoms with van der Waals surface area (Å²) in [5.74, 6) is -0.512. The fourth-order valence-electron chi connectivity index (χ4n) is 1.26. The van der Waals surface area contributed by atoms with Gasteiger partial charge in [-0.2, -0.15) is 0 Å². The van der Waals surface area contributed by atoms with Crippen LogP contribution in [0.15, 0.2) is 35.8 Å². The molecule has 17 heavy (non-hydrogen) atoms. The largest absolute Gasteiger partial charge is 0.378 e. The summed E-state index contributed by atoms with van der Waals surface area (Å²) in [5.41, 5.74) is 0.489. The molecule has 2 rings (SSSR count). The van der Waals surface area contributed by atoms with Gasteiger partial charge in [-0.3, -0.25) is 10.1 Å². The van der Waals surface area contributed by atoms with E-state index in [4.69, 9.17) is 11.6 Å². The first-order chi connectivity index (χ1) is 8.16. The second kappa shape index (κ2) is 5.27. The van der Waals surface area contributed by atoms with Crippen LogP contribution in [0, 0.1) is 0 Å². The lowest BCUT2D eigenvalue weighted by molar-refractivity contribution is -0.124. The van der Waals surface area contributed by atoms with Gasteiger partial charge in [0, 0.05) is 16.6 Å². The molecule has 2 N–H and O–H groups in total. The summed E-state index contributed by atoms with van der Waals surface area (Å²) in [6, 6.07) is 6.45. The molecule has 4 nitrogen and oxygen atoms in total. The molecular formula is C11H9ClN2O2S. The standard InChI is InChI=1S/C11H9ClN2O2S/c12-8-3-1-7(2-4-8)9(15)10(16)14-11-13-5-6-17-11/h1-6,9,15H,(H,13,14,16). The fourth-order valence-corrected chi connectivity index (χ4v) is 1.91. The highest BCUT2D eigenvalue weighted by Crippen LogP contribution is 2.19. The highest BCUT2D eigenvalue weighted by Gasteiger charge is 2.17. The van der Waals surface area contributed by atoms with E-state index in [9.17, 15) is 9.90 Å². The molecule has 0 saturated heterocycles. The fraction of sp³-hybridized carbons (Fsp3) is 0.0909. The number of thiazole rings is 1. The number of rotatable bonds is 3. The van der Waals surface area contributed by atoms with Crippen molar-refractivity contribution in [2.45, 2.75) is 6.10 Å². The summed E-state index contributed by atoms with van der Waals surface area (Å²) in [7, 11) is 0. The van der Waals surface area contributed by atoms with Gasteiger partial charge in [-0.25, -0.2) is 4.98 Å². The van der Waals surface area contributed by atoms with Gasteiger partial charge in [-0.15, -0.1) is 11.3 Å². The van der Waals surface area contributed by atoms with Crippen LogP contribution < -0.4 is 5.32 Å². The van der Waals surface area contributed by atoms with Crippen LogP contribution in [0.5, 0.6) is 0 Å². The lowest BCUT2D eigenvalue weighted by Gasteiger charge is -2.09. The van der Waals surface area contributed by atoms with Crippen LogP contribution in [0.4, 0.5) is 5.13 Å². The summed E-state index contributed by atoms with van der Waals surface area (Å²) in [6.07, 6.45) is 0.353. The first kappa shape index (κ1) is 12.0. The molecule has 1 amide bonds. The zero-order valence-corrected chi connectivity index (χ0v) is 10.2. The molecule has 0 saturated carbocycles. The van der Waals surface area contributed by atoms with Crippen LogP contribution in [0.1, 0.15) is 11.7 Å². The molecule has 1 heterocycles. The molecule has 1 unspecified atom stereocenters. The number of anilines is 1. The van der Waals surface area contributed by atoms with Crippen molar-refractivity contribution >= 4 is 34.0 Å². The van der Waals surface area contributed by atoms with Gasteiger partial charge in [-0.05, 0) is 17.7 Å². The molecule has 88 valence electrons. The van der Waals surface area contributed by atoms with Gasteiger partial charge in [0.2, 0.25) is 0 Å². The summed E-state index contributed by atoms with van der Waals surface area (Å²) >= 11 is 7.01. The Balaban J connectivity index is 2.07. The molecule has 0 spiro atoms. The Morgan fingerprint density at radius 1 is 1.41 bits per heavy atom. The van der Waals surface area contributed by atoms with E-state index in [0.717, 1.165) is 0 Å². The average Bonchev–Trinajstić information content (AvgIpc) is 2.82. The van der Waals surface area contributed by atoms with Gasteiger partial charge in [0.1, 0.15) is 0 Å². The second-order valence-corrected chi connectivity index (χ2v) is 4.61. The Bertz CT molecular complexity index is 499. The molecule has 6 heteroatoms. The molecule has 1 aromatic carbocycles. The molecule has 0 aliphatic heterocycles. The average molecular weight is 269 g/mol. The van der Waals surface area contributed by atoms with Gasteiger partial charge in [-0.1, -0.05) is 23.7 Å². The van der Waals surface area contributed by atoms with Crippen LogP contribution in [0.3, 0.4) is 0 Å². The Hall–Kier alpha value is -1.43. The second-order valence-electron chi connectivity index (χ2n) is 3.28. The molecular weight excluding hydrogens is 260 g/mol. The van der Waals surface area contributed by atoms with Crippen molar-refractivity contribution in [3.05, 3.63) is 46.4 Å². The first-order valence-electron chi connectivity index (χ1n) is 4.80. The minimum Gasteiger partial charge on any atom is -0.378 e. The predicted molar refractivity (Wildman–Crippen MR) is 67.2 cm³/mol. The zero-order chi connectivity index (χ0) is 12.3. The number of amides is 1. The van der Waals surface area contributed by atoms with Crippen molar-refractivity contribution in [1.29, 1.82) is 0 Å². The number of benzene rings is 1. The zero-order valence-electron chi connectivity index (χ0n) is 8.63. The van der Waals surface area contributed by atoms with Crippen molar-refractivity contribution in [3.63, 3.8) is 0 Å². The third-order valence-corrected chi connectivity index (χ3v) is 3.04. The summed E-state index contributed by atoms with van der Waals surface area (Å²) < 4.78 is 0. The maximum absolute atomic E-state index is 11.7. The van der Waals surface area contributed by atoms with E-state index in [1.807, 2.05) is 0 Å². The van der Waals surface area contributed by atoms with Gasteiger partial charge < -0.3 is 5.11 Å². The van der Waals surface area contributed by atoms with Gasteiger partial charge >= 0.3 is 0 Å². The van der Waals surface area contributed by atoms with E-state index in [0.29, 0.717) is 15.7 Å². The number of halogens is 1. The smallest absolute Gasteiger partial charge is 0.259 e. The van der Waals surface area contributed by atoms with Crippen LogP contribution in [-0.2, 0) is 4.79 Å². The first-order valence-corrected chi connectivity index (χ1v) is 6.06. The van der Waals surface area contributed by atoms with E-state index in [-0.39, 0.29) is 0 Å². The van der Waals surface area contributed by atoms with E-state index >= 15 is 0 Å². The van der Waals surface area contributed by atoms with E-state index < -0.39 is 12.0 Å². The Kier molecular flexibility index (Phi) is 3.73. The number of aliphatic hydroxyl groups is 1. The Labute approximate surface area is 107 Å². The number of aromatic nitrogens is 1. The number of nitrogens with one attached hydrogen (secondary N) is 1. The molecule has 0 aliphatic rings. The monoisotopic (exact) mass is 268 g/mol. The van der Waals surface area contributed by atoms with Gasteiger partial charge in [0.15, 0.2) is 11.2 Å². The quantitative estimate of drug-likeness (QED) is 0.899. The molecule has 0 aliphatic carbocycles. The minimum atomic E-state index is -1.23.